The molecule has 0 atom stereocenters. The number of likely N-dealkylation sites (N-methyl/N-ethyl adjacent to an activating group) is 1. The molecule has 0 bridgehead atoms. The van der Waals surface area contributed by atoms with Gasteiger partial charge < -0.3 is 9.32 Å². The van der Waals surface area contributed by atoms with Gasteiger partial charge in [-0.15, -0.1) is 0 Å². The molecule has 0 unspecified atom stereocenters. The highest BCUT2D eigenvalue weighted by Crippen LogP contribution is 2.30. The molecular weight excluding hydrogens is 322 g/mol. The maximum absolute atomic E-state index is 12.8. The van der Waals surface area contributed by atoms with Crippen LogP contribution < -0.4 is 4.90 Å². The fourth-order valence-corrected chi connectivity index (χ4v) is 3.46. The predicted molar refractivity (Wildman–Crippen MR) is 97.9 cm³/mol. The number of rotatable bonds is 6. The summed E-state index contributed by atoms with van der Waals surface area (Å²) in [5.74, 6) is 0.180. The summed E-state index contributed by atoms with van der Waals surface area (Å²) in [4.78, 5) is 21.2. The lowest BCUT2D eigenvalue weighted by atomic mass is 10.2. The average molecular weight is 343 g/mol. The fourth-order valence-electron chi connectivity index (χ4n) is 2.41. The van der Waals surface area contributed by atoms with Crippen molar-refractivity contribution < 1.29 is 9.21 Å². The molecule has 0 spiro atoms. The number of amides is 1. The van der Waals surface area contributed by atoms with E-state index in [1.807, 2.05) is 25.1 Å². The Hall–Kier alpha value is -2.18. The van der Waals surface area contributed by atoms with Crippen molar-refractivity contribution in [3.63, 3.8) is 0 Å². The van der Waals surface area contributed by atoms with Crippen LogP contribution in [0.5, 0.6) is 0 Å². The number of carbonyl (C=O) groups is 1. The number of furan rings is 1. The number of nitrogens with zero attached hydrogens (tertiary/aromatic N) is 3. The van der Waals surface area contributed by atoms with Crippen molar-refractivity contribution in [1.82, 2.24) is 9.88 Å². The maximum atomic E-state index is 12.8. The summed E-state index contributed by atoms with van der Waals surface area (Å²) in [7, 11) is 3.98. The van der Waals surface area contributed by atoms with Gasteiger partial charge in [0.2, 0.25) is 0 Å². The van der Waals surface area contributed by atoms with Gasteiger partial charge in [-0.2, -0.15) is 0 Å². The topological polar surface area (TPSA) is 49.6 Å². The Kier molecular flexibility index (Phi) is 4.97. The summed E-state index contributed by atoms with van der Waals surface area (Å²) in [5.41, 5.74) is 2.20. The number of aryl methyl sites for hydroxylation is 1. The molecule has 24 heavy (non-hydrogen) atoms. The Morgan fingerprint density at radius 1 is 1.25 bits per heavy atom. The van der Waals surface area contributed by atoms with Crippen LogP contribution in [-0.4, -0.2) is 43.0 Å². The van der Waals surface area contributed by atoms with E-state index in [1.54, 1.807) is 28.4 Å². The molecule has 3 rings (SSSR count). The van der Waals surface area contributed by atoms with Gasteiger partial charge in [-0.1, -0.05) is 24.3 Å². The second-order valence-electron chi connectivity index (χ2n) is 5.89. The third-order valence-electron chi connectivity index (χ3n) is 3.83. The number of hydrogen-bond acceptors (Lipinski definition) is 5. The molecule has 5 nitrogen and oxygen atoms in total. The van der Waals surface area contributed by atoms with Crippen LogP contribution in [0.4, 0.5) is 5.13 Å². The van der Waals surface area contributed by atoms with E-state index in [-0.39, 0.29) is 5.91 Å². The first-order chi connectivity index (χ1) is 11.6. The summed E-state index contributed by atoms with van der Waals surface area (Å²) in [6, 6.07) is 9.68. The minimum Gasteiger partial charge on any atom is -0.459 e. The van der Waals surface area contributed by atoms with Crippen LogP contribution in [0.3, 0.4) is 0 Å². The van der Waals surface area contributed by atoms with E-state index in [1.165, 1.54) is 11.8 Å². The Morgan fingerprint density at radius 3 is 2.75 bits per heavy atom. The van der Waals surface area contributed by atoms with E-state index in [0.29, 0.717) is 17.4 Å². The number of aromatic nitrogens is 1. The molecule has 2 aromatic heterocycles. The lowest BCUT2D eigenvalue weighted by Gasteiger charge is -2.20. The molecule has 0 N–H and O–H groups in total. The lowest BCUT2D eigenvalue weighted by Crippen LogP contribution is -2.36. The molecule has 0 saturated heterocycles. The van der Waals surface area contributed by atoms with Crippen molar-refractivity contribution in [2.24, 2.45) is 0 Å². The molecule has 0 saturated carbocycles. The average Bonchev–Trinajstić information content (AvgIpc) is 3.23. The van der Waals surface area contributed by atoms with Gasteiger partial charge in [-0.3, -0.25) is 9.69 Å². The van der Waals surface area contributed by atoms with Crippen LogP contribution in [-0.2, 0) is 6.42 Å². The van der Waals surface area contributed by atoms with Gasteiger partial charge in [0.15, 0.2) is 10.9 Å². The van der Waals surface area contributed by atoms with Crippen molar-refractivity contribution >= 4 is 32.6 Å². The quantitative estimate of drug-likeness (QED) is 0.685. The van der Waals surface area contributed by atoms with Crippen LogP contribution in [0.15, 0.2) is 41.0 Å². The zero-order valence-electron chi connectivity index (χ0n) is 14.2. The highest BCUT2D eigenvalue weighted by Gasteiger charge is 2.23. The van der Waals surface area contributed by atoms with E-state index in [2.05, 4.69) is 24.0 Å². The van der Waals surface area contributed by atoms with Crippen molar-refractivity contribution in [3.05, 3.63) is 47.9 Å². The normalized spacial score (nSPS) is 11.3. The van der Waals surface area contributed by atoms with Gasteiger partial charge in [-0.05, 0) is 50.3 Å². The monoisotopic (exact) mass is 343 g/mol. The van der Waals surface area contributed by atoms with Crippen LogP contribution in [0, 0.1) is 0 Å². The van der Waals surface area contributed by atoms with Gasteiger partial charge in [0.1, 0.15) is 0 Å². The number of thiazole rings is 1. The highest BCUT2D eigenvalue weighted by molar-refractivity contribution is 7.22. The summed E-state index contributed by atoms with van der Waals surface area (Å²) < 4.78 is 6.39. The van der Waals surface area contributed by atoms with Gasteiger partial charge in [0.25, 0.3) is 5.91 Å². The molecule has 2 heterocycles. The smallest absolute Gasteiger partial charge is 0.295 e. The summed E-state index contributed by atoms with van der Waals surface area (Å²) in [6.07, 6.45) is 2.50. The summed E-state index contributed by atoms with van der Waals surface area (Å²) in [5, 5.41) is 0.710. The molecule has 0 fully saturated rings. The number of anilines is 1. The van der Waals surface area contributed by atoms with Crippen molar-refractivity contribution in [1.29, 1.82) is 0 Å². The first kappa shape index (κ1) is 16.7. The highest BCUT2D eigenvalue weighted by atomic mass is 32.1. The molecular formula is C18H21N3O2S. The second-order valence-corrected chi connectivity index (χ2v) is 6.90. The van der Waals surface area contributed by atoms with Crippen LogP contribution in [0.2, 0.25) is 0 Å². The number of hydrogen-bond donors (Lipinski definition) is 0. The van der Waals surface area contributed by atoms with Crippen molar-refractivity contribution in [2.75, 3.05) is 32.1 Å². The number of benzene rings is 1. The van der Waals surface area contributed by atoms with E-state index in [0.717, 1.165) is 23.2 Å². The van der Waals surface area contributed by atoms with E-state index in [9.17, 15) is 4.79 Å². The molecule has 0 aliphatic carbocycles. The molecule has 1 amide bonds. The third-order valence-corrected chi connectivity index (χ3v) is 4.87. The third kappa shape index (κ3) is 3.49. The first-order valence-electron chi connectivity index (χ1n) is 7.98. The lowest BCUT2D eigenvalue weighted by molar-refractivity contribution is 0.0958. The second kappa shape index (κ2) is 7.15. The molecule has 3 aromatic rings. The van der Waals surface area contributed by atoms with E-state index in [4.69, 9.17) is 4.42 Å². The Labute approximate surface area is 145 Å². The van der Waals surface area contributed by atoms with Gasteiger partial charge in [0, 0.05) is 13.1 Å². The Bertz CT molecular complexity index is 824. The van der Waals surface area contributed by atoms with Gasteiger partial charge in [0.05, 0.1) is 16.5 Å². The minimum absolute atomic E-state index is 0.156. The van der Waals surface area contributed by atoms with Crippen LogP contribution in [0.25, 0.3) is 10.2 Å². The fraction of sp³-hybridized carbons (Fsp3) is 0.333. The number of carbonyl (C=O) groups excluding carboxylic acids is 1. The maximum Gasteiger partial charge on any atom is 0.295 e. The largest absolute Gasteiger partial charge is 0.459 e. The standard InChI is InChI=1S/C18H21N3O2S/c1-4-13-7-8-14-16(12-13)24-18(19-14)21(10-9-20(2)3)17(22)15-6-5-11-23-15/h5-8,11-12H,4,9-10H2,1-3H3. The van der Waals surface area contributed by atoms with E-state index >= 15 is 0 Å². The Balaban J connectivity index is 1.96. The van der Waals surface area contributed by atoms with Crippen LogP contribution in [0.1, 0.15) is 23.0 Å². The zero-order chi connectivity index (χ0) is 17.1. The molecule has 126 valence electrons. The summed E-state index contributed by atoms with van der Waals surface area (Å²) in [6.45, 7) is 3.45. The van der Waals surface area contributed by atoms with Crippen molar-refractivity contribution in [2.45, 2.75) is 13.3 Å². The first-order valence-corrected chi connectivity index (χ1v) is 8.79. The zero-order valence-corrected chi connectivity index (χ0v) is 15.0. The Morgan fingerprint density at radius 2 is 2.08 bits per heavy atom. The van der Waals surface area contributed by atoms with Crippen LogP contribution >= 0.6 is 11.3 Å². The summed E-state index contributed by atoms with van der Waals surface area (Å²) >= 11 is 1.55. The van der Waals surface area contributed by atoms with Crippen molar-refractivity contribution in [3.8, 4) is 0 Å². The van der Waals surface area contributed by atoms with Gasteiger partial charge >= 0.3 is 0 Å². The molecule has 0 aliphatic rings. The molecule has 6 heteroatoms. The minimum atomic E-state index is -0.156. The number of fused-ring (bicyclic) bond motifs is 1. The SMILES string of the molecule is CCc1ccc2nc(N(CCN(C)C)C(=O)c3ccco3)sc2c1. The predicted octanol–water partition coefficient (Wildman–Crippen LogP) is 3.66. The molecule has 0 radical (unpaired) electrons. The van der Waals surface area contributed by atoms with E-state index < -0.39 is 0 Å². The molecule has 1 aromatic carbocycles. The molecule has 0 aliphatic heterocycles. The van der Waals surface area contributed by atoms with Gasteiger partial charge in [-0.25, -0.2) is 4.98 Å².